The smallest absolute Gasteiger partial charge is 0.261 e. The molecule has 9 nitrogen and oxygen atoms in total. The number of sulfonamides is 2. The molecule has 3 aromatic carbocycles. The molecule has 2 N–H and O–H groups in total. The third-order valence-electron chi connectivity index (χ3n) is 5.97. The number of hydrogen-bond donors (Lipinski definition) is 2. The molecule has 4 rings (SSSR count). The molecule has 0 radical (unpaired) electrons. The van der Waals surface area contributed by atoms with Crippen LogP contribution >= 0.6 is 11.6 Å². The van der Waals surface area contributed by atoms with Crippen LogP contribution in [-0.4, -0.2) is 53.4 Å². The van der Waals surface area contributed by atoms with Crippen LogP contribution in [-0.2, 0) is 24.8 Å². The Labute approximate surface area is 221 Å². The summed E-state index contributed by atoms with van der Waals surface area (Å²) in [6, 6.07) is 14.8. The Balaban J connectivity index is 1.50. The molecule has 0 atom stereocenters. The van der Waals surface area contributed by atoms with Crippen molar-refractivity contribution in [3.8, 4) is 0 Å². The van der Waals surface area contributed by atoms with Crippen LogP contribution in [0.25, 0.3) is 0 Å². The molecule has 0 saturated carbocycles. The van der Waals surface area contributed by atoms with Crippen LogP contribution in [0, 0.1) is 13.8 Å². The van der Waals surface area contributed by atoms with E-state index < -0.39 is 26.0 Å². The third kappa shape index (κ3) is 6.13. The number of rotatable bonds is 7. The number of hydrogen-bond acceptors (Lipinski definition) is 6. The predicted molar refractivity (Wildman–Crippen MR) is 142 cm³/mol. The normalized spacial score (nSPS) is 14.8. The zero-order valence-corrected chi connectivity index (χ0v) is 22.6. The first-order valence-corrected chi connectivity index (χ1v) is 14.7. The number of nitrogens with one attached hydrogen (secondary N) is 2. The van der Waals surface area contributed by atoms with Crippen molar-refractivity contribution >= 4 is 48.9 Å². The van der Waals surface area contributed by atoms with E-state index in [1.165, 1.54) is 46.8 Å². The number of carbonyl (C=O) groups excluding carboxylic acids is 1. The third-order valence-corrected chi connectivity index (χ3v) is 9.59. The van der Waals surface area contributed by atoms with Gasteiger partial charge in [0.25, 0.3) is 15.9 Å². The Morgan fingerprint density at radius 3 is 2.11 bits per heavy atom. The maximum Gasteiger partial charge on any atom is 0.261 e. The van der Waals surface area contributed by atoms with Crippen molar-refractivity contribution in [2.24, 2.45) is 0 Å². The van der Waals surface area contributed by atoms with Gasteiger partial charge in [0.15, 0.2) is 0 Å². The molecule has 0 aromatic heterocycles. The Morgan fingerprint density at radius 2 is 1.46 bits per heavy atom. The van der Waals surface area contributed by atoms with E-state index in [0.29, 0.717) is 24.6 Å². The quantitative estimate of drug-likeness (QED) is 0.447. The highest BCUT2D eigenvalue weighted by Gasteiger charge is 2.27. The molecule has 37 heavy (non-hydrogen) atoms. The van der Waals surface area contributed by atoms with Gasteiger partial charge >= 0.3 is 0 Å². The van der Waals surface area contributed by atoms with Crippen LogP contribution in [0.2, 0.25) is 5.02 Å². The number of amides is 1. The van der Waals surface area contributed by atoms with Crippen molar-refractivity contribution < 1.29 is 26.4 Å². The van der Waals surface area contributed by atoms with Gasteiger partial charge in [0.1, 0.15) is 0 Å². The maximum atomic E-state index is 13.0. The second kappa shape index (κ2) is 10.8. The standard InChI is InChI=1S/C25H26ClN3O6S2/c1-17-3-4-20(15-18(17)2)28-36(31,32)21-7-5-19(6-8-21)27-25(30)23-16-22(9-10-24(23)26)37(33,34)29-11-13-35-14-12-29/h3-10,15-16,28H,11-14H2,1-2H3,(H,27,30). The Kier molecular flexibility index (Phi) is 7.91. The van der Waals surface area contributed by atoms with Gasteiger partial charge < -0.3 is 10.1 Å². The van der Waals surface area contributed by atoms with Gasteiger partial charge in [-0.2, -0.15) is 4.31 Å². The molecular weight excluding hydrogens is 538 g/mol. The molecule has 0 aliphatic carbocycles. The molecular formula is C25H26ClN3O6S2. The second-order valence-corrected chi connectivity index (χ2v) is 12.6. The molecule has 3 aromatic rings. The van der Waals surface area contributed by atoms with Gasteiger partial charge in [-0.1, -0.05) is 17.7 Å². The Morgan fingerprint density at radius 1 is 0.838 bits per heavy atom. The van der Waals surface area contributed by atoms with Crippen molar-refractivity contribution in [3.05, 3.63) is 82.4 Å². The Hall–Kier alpha value is -2.96. The number of morpholine rings is 1. The topological polar surface area (TPSA) is 122 Å². The lowest BCUT2D eigenvalue weighted by Gasteiger charge is -2.26. The number of nitrogens with zero attached hydrogens (tertiary/aromatic N) is 1. The zero-order valence-electron chi connectivity index (χ0n) is 20.2. The summed E-state index contributed by atoms with van der Waals surface area (Å²) >= 11 is 6.20. The number of halogens is 1. The molecule has 196 valence electrons. The minimum absolute atomic E-state index is 0.0142. The van der Waals surface area contributed by atoms with Gasteiger partial charge in [0.2, 0.25) is 10.0 Å². The zero-order chi connectivity index (χ0) is 26.8. The predicted octanol–water partition coefficient (Wildman–Crippen LogP) is 4.03. The molecule has 12 heteroatoms. The molecule has 0 unspecified atom stereocenters. The van der Waals surface area contributed by atoms with E-state index in [0.717, 1.165) is 11.1 Å². The summed E-state index contributed by atoms with van der Waals surface area (Å²) in [6.07, 6.45) is 0. The first-order valence-electron chi connectivity index (χ1n) is 11.4. The average molecular weight is 564 g/mol. The van der Waals surface area contributed by atoms with Gasteiger partial charge in [-0.05, 0) is 79.6 Å². The lowest BCUT2D eigenvalue weighted by Crippen LogP contribution is -2.40. The fourth-order valence-electron chi connectivity index (χ4n) is 3.71. The first kappa shape index (κ1) is 27.1. The average Bonchev–Trinajstić information content (AvgIpc) is 2.87. The van der Waals surface area contributed by atoms with Crippen LogP contribution < -0.4 is 10.0 Å². The maximum absolute atomic E-state index is 13.0. The van der Waals surface area contributed by atoms with E-state index in [1.807, 2.05) is 19.9 Å². The van der Waals surface area contributed by atoms with Gasteiger partial charge in [-0.15, -0.1) is 0 Å². The first-order chi connectivity index (χ1) is 17.5. The number of anilines is 2. The van der Waals surface area contributed by atoms with Crippen molar-refractivity contribution in [2.45, 2.75) is 23.6 Å². The highest BCUT2D eigenvalue weighted by Crippen LogP contribution is 2.25. The van der Waals surface area contributed by atoms with Crippen LogP contribution in [0.1, 0.15) is 21.5 Å². The van der Waals surface area contributed by atoms with E-state index in [9.17, 15) is 21.6 Å². The molecule has 1 aliphatic rings. The molecule has 1 heterocycles. The molecule has 1 fully saturated rings. The van der Waals surface area contributed by atoms with Crippen molar-refractivity contribution in [1.29, 1.82) is 0 Å². The van der Waals surface area contributed by atoms with Crippen LogP contribution in [0.3, 0.4) is 0 Å². The van der Waals surface area contributed by atoms with Crippen molar-refractivity contribution in [1.82, 2.24) is 4.31 Å². The summed E-state index contributed by atoms with van der Waals surface area (Å²) in [4.78, 5) is 12.9. The van der Waals surface area contributed by atoms with E-state index >= 15 is 0 Å². The molecule has 1 amide bonds. The van der Waals surface area contributed by atoms with Gasteiger partial charge in [0, 0.05) is 24.5 Å². The van der Waals surface area contributed by atoms with Crippen LogP contribution in [0.5, 0.6) is 0 Å². The van der Waals surface area contributed by atoms with Gasteiger partial charge in [-0.3, -0.25) is 9.52 Å². The SMILES string of the molecule is Cc1ccc(NS(=O)(=O)c2ccc(NC(=O)c3cc(S(=O)(=O)N4CCOCC4)ccc3Cl)cc2)cc1C. The van der Waals surface area contributed by atoms with Crippen LogP contribution in [0.15, 0.2) is 70.5 Å². The number of aryl methyl sites for hydroxylation is 2. The summed E-state index contributed by atoms with van der Waals surface area (Å²) in [5, 5.41) is 2.71. The summed E-state index contributed by atoms with van der Waals surface area (Å²) in [7, 11) is -7.66. The summed E-state index contributed by atoms with van der Waals surface area (Å²) < 4.78 is 60.5. The monoisotopic (exact) mass is 563 g/mol. The van der Waals surface area contributed by atoms with Crippen molar-refractivity contribution in [2.75, 3.05) is 36.3 Å². The van der Waals surface area contributed by atoms with Crippen molar-refractivity contribution in [3.63, 3.8) is 0 Å². The van der Waals surface area contributed by atoms with E-state index in [2.05, 4.69) is 10.0 Å². The fraction of sp³-hybridized carbons (Fsp3) is 0.240. The molecule has 1 aliphatic heterocycles. The highest BCUT2D eigenvalue weighted by atomic mass is 35.5. The molecule has 1 saturated heterocycles. The van der Waals surface area contributed by atoms with Gasteiger partial charge in [-0.25, -0.2) is 16.8 Å². The molecule has 0 bridgehead atoms. The fourth-order valence-corrected chi connectivity index (χ4v) is 6.40. The minimum Gasteiger partial charge on any atom is -0.379 e. The summed E-state index contributed by atoms with van der Waals surface area (Å²) in [5.41, 5.74) is 2.74. The summed E-state index contributed by atoms with van der Waals surface area (Å²) in [5.74, 6) is -0.632. The van der Waals surface area contributed by atoms with E-state index in [4.69, 9.17) is 16.3 Å². The second-order valence-electron chi connectivity index (χ2n) is 8.54. The minimum atomic E-state index is -3.84. The number of carbonyl (C=O) groups is 1. The largest absolute Gasteiger partial charge is 0.379 e. The Bertz CT molecular complexity index is 1540. The molecule has 0 spiro atoms. The van der Waals surface area contributed by atoms with E-state index in [1.54, 1.807) is 12.1 Å². The lowest BCUT2D eigenvalue weighted by molar-refractivity contribution is 0.0730. The number of benzene rings is 3. The lowest BCUT2D eigenvalue weighted by atomic mass is 10.1. The van der Waals surface area contributed by atoms with Crippen LogP contribution in [0.4, 0.5) is 11.4 Å². The van der Waals surface area contributed by atoms with E-state index in [-0.39, 0.29) is 33.5 Å². The number of ether oxygens (including phenoxy) is 1. The van der Waals surface area contributed by atoms with Gasteiger partial charge in [0.05, 0.1) is 33.6 Å². The summed E-state index contributed by atoms with van der Waals surface area (Å²) in [6.45, 7) is 4.87. The highest BCUT2D eigenvalue weighted by molar-refractivity contribution is 7.92.